The Morgan fingerprint density at radius 3 is 2.76 bits per heavy atom. The summed E-state index contributed by atoms with van der Waals surface area (Å²) < 4.78 is 5.61. The number of benzene rings is 1. The number of nitrogens with one attached hydrogen (secondary N) is 1. The highest BCUT2D eigenvalue weighted by Gasteiger charge is 2.16. The van der Waals surface area contributed by atoms with E-state index in [0.29, 0.717) is 16.7 Å². The molecule has 1 amide bonds. The second-order valence-corrected chi connectivity index (χ2v) is 5.82. The van der Waals surface area contributed by atoms with Crippen LogP contribution in [0.1, 0.15) is 46.5 Å². The van der Waals surface area contributed by atoms with Gasteiger partial charge in [0.1, 0.15) is 5.75 Å². The van der Waals surface area contributed by atoms with Crippen molar-refractivity contribution in [1.82, 2.24) is 5.32 Å². The Kier molecular flexibility index (Phi) is 8.21. The standard InChI is InChI=1S/C17H26ClNO2/c1-4-6-8-14(5-2)12-19-17(20)13(3)21-16-10-7-9-15(18)11-16/h7,9-11,13-14H,4-6,8,12H2,1-3H3,(H,19,20)/t13-,14-/m0/s1. The molecule has 0 aliphatic carbocycles. The molecule has 0 aliphatic rings. The maximum atomic E-state index is 12.1. The molecular formula is C17H26ClNO2. The molecule has 1 N–H and O–H groups in total. The first-order valence-electron chi connectivity index (χ1n) is 7.76. The lowest BCUT2D eigenvalue weighted by molar-refractivity contribution is -0.127. The molecule has 0 saturated heterocycles. The van der Waals surface area contributed by atoms with Crippen molar-refractivity contribution in [2.75, 3.05) is 6.54 Å². The minimum atomic E-state index is -0.521. The molecule has 0 unspecified atom stereocenters. The number of carbonyl (C=O) groups excluding carboxylic acids is 1. The summed E-state index contributed by atoms with van der Waals surface area (Å²) >= 11 is 5.90. The Morgan fingerprint density at radius 1 is 1.38 bits per heavy atom. The molecular weight excluding hydrogens is 286 g/mol. The monoisotopic (exact) mass is 311 g/mol. The lowest BCUT2D eigenvalue weighted by Gasteiger charge is -2.18. The van der Waals surface area contributed by atoms with Gasteiger partial charge in [0.15, 0.2) is 6.10 Å². The Morgan fingerprint density at radius 2 is 2.14 bits per heavy atom. The number of rotatable bonds is 9. The summed E-state index contributed by atoms with van der Waals surface area (Å²) in [5.41, 5.74) is 0. The van der Waals surface area contributed by atoms with E-state index in [-0.39, 0.29) is 5.91 Å². The minimum absolute atomic E-state index is 0.0788. The number of hydrogen-bond donors (Lipinski definition) is 1. The molecule has 0 aromatic heterocycles. The van der Waals surface area contributed by atoms with Gasteiger partial charge in [-0.1, -0.05) is 50.8 Å². The van der Waals surface area contributed by atoms with Gasteiger partial charge in [-0.15, -0.1) is 0 Å². The zero-order valence-electron chi connectivity index (χ0n) is 13.2. The van der Waals surface area contributed by atoms with Gasteiger partial charge in [0, 0.05) is 11.6 Å². The van der Waals surface area contributed by atoms with E-state index in [1.807, 2.05) is 0 Å². The predicted octanol–water partition coefficient (Wildman–Crippen LogP) is 4.44. The zero-order chi connectivity index (χ0) is 15.7. The van der Waals surface area contributed by atoms with Gasteiger partial charge in [-0.25, -0.2) is 0 Å². The van der Waals surface area contributed by atoms with E-state index in [0.717, 1.165) is 19.4 Å². The van der Waals surface area contributed by atoms with Crippen molar-refractivity contribution in [2.24, 2.45) is 5.92 Å². The molecule has 0 aliphatic heterocycles. The lowest BCUT2D eigenvalue weighted by atomic mass is 9.99. The van der Waals surface area contributed by atoms with Gasteiger partial charge in [-0.05, 0) is 37.5 Å². The van der Waals surface area contributed by atoms with Crippen LogP contribution in [-0.4, -0.2) is 18.6 Å². The molecule has 0 spiro atoms. The summed E-state index contributed by atoms with van der Waals surface area (Å²) in [7, 11) is 0. The van der Waals surface area contributed by atoms with E-state index in [2.05, 4.69) is 19.2 Å². The summed E-state index contributed by atoms with van der Waals surface area (Å²) in [5.74, 6) is 1.08. The van der Waals surface area contributed by atoms with Gasteiger partial charge >= 0.3 is 0 Å². The SMILES string of the molecule is CCCC[C@H](CC)CNC(=O)[C@H](C)Oc1cccc(Cl)c1. The zero-order valence-corrected chi connectivity index (χ0v) is 14.0. The highest BCUT2D eigenvalue weighted by atomic mass is 35.5. The number of halogens is 1. The fourth-order valence-corrected chi connectivity index (χ4v) is 2.31. The summed E-state index contributed by atoms with van der Waals surface area (Å²) in [6, 6.07) is 7.09. The van der Waals surface area contributed by atoms with Crippen LogP contribution in [0.25, 0.3) is 0 Å². The number of carbonyl (C=O) groups is 1. The van der Waals surface area contributed by atoms with Crippen LogP contribution in [0.5, 0.6) is 5.75 Å². The third-order valence-corrected chi connectivity index (χ3v) is 3.82. The quantitative estimate of drug-likeness (QED) is 0.732. The molecule has 0 radical (unpaired) electrons. The Hall–Kier alpha value is -1.22. The van der Waals surface area contributed by atoms with E-state index in [9.17, 15) is 4.79 Å². The summed E-state index contributed by atoms with van der Waals surface area (Å²) in [5, 5.41) is 3.58. The smallest absolute Gasteiger partial charge is 0.260 e. The van der Waals surface area contributed by atoms with Crippen molar-refractivity contribution in [3.63, 3.8) is 0 Å². The van der Waals surface area contributed by atoms with E-state index in [1.165, 1.54) is 12.8 Å². The van der Waals surface area contributed by atoms with Crippen LogP contribution in [0.15, 0.2) is 24.3 Å². The number of unbranched alkanes of at least 4 members (excludes halogenated alkanes) is 1. The van der Waals surface area contributed by atoms with Crippen molar-refractivity contribution in [2.45, 2.75) is 52.6 Å². The van der Waals surface area contributed by atoms with Gasteiger partial charge in [0.25, 0.3) is 5.91 Å². The number of hydrogen-bond acceptors (Lipinski definition) is 2. The predicted molar refractivity (Wildman–Crippen MR) is 87.9 cm³/mol. The second-order valence-electron chi connectivity index (χ2n) is 5.38. The molecule has 2 atom stereocenters. The van der Waals surface area contributed by atoms with E-state index < -0.39 is 6.10 Å². The lowest BCUT2D eigenvalue weighted by Crippen LogP contribution is -2.38. The molecule has 21 heavy (non-hydrogen) atoms. The molecule has 118 valence electrons. The molecule has 3 nitrogen and oxygen atoms in total. The van der Waals surface area contributed by atoms with E-state index in [1.54, 1.807) is 31.2 Å². The maximum Gasteiger partial charge on any atom is 0.260 e. The van der Waals surface area contributed by atoms with Gasteiger partial charge < -0.3 is 10.1 Å². The molecule has 0 fully saturated rings. The van der Waals surface area contributed by atoms with Gasteiger partial charge in [0.05, 0.1) is 0 Å². The van der Waals surface area contributed by atoms with Crippen LogP contribution in [0.2, 0.25) is 5.02 Å². The molecule has 1 aromatic carbocycles. The Bertz CT molecular complexity index is 437. The fraction of sp³-hybridized carbons (Fsp3) is 0.588. The topological polar surface area (TPSA) is 38.3 Å². The Labute approximate surface area is 133 Å². The van der Waals surface area contributed by atoms with E-state index in [4.69, 9.17) is 16.3 Å². The minimum Gasteiger partial charge on any atom is -0.481 e. The second kappa shape index (κ2) is 9.67. The van der Waals surface area contributed by atoms with Crippen molar-refractivity contribution >= 4 is 17.5 Å². The van der Waals surface area contributed by atoms with Crippen LogP contribution in [0, 0.1) is 5.92 Å². The highest BCUT2D eigenvalue weighted by molar-refractivity contribution is 6.30. The van der Waals surface area contributed by atoms with E-state index >= 15 is 0 Å². The van der Waals surface area contributed by atoms with Crippen LogP contribution in [-0.2, 0) is 4.79 Å². The first-order valence-corrected chi connectivity index (χ1v) is 8.14. The van der Waals surface area contributed by atoms with Crippen molar-refractivity contribution in [1.29, 1.82) is 0 Å². The summed E-state index contributed by atoms with van der Waals surface area (Å²) in [6.45, 7) is 6.83. The summed E-state index contributed by atoms with van der Waals surface area (Å²) in [4.78, 5) is 12.1. The molecule has 1 rings (SSSR count). The van der Waals surface area contributed by atoms with Crippen LogP contribution in [0.3, 0.4) is 0 Å². The normalized spacial score (nSPS) is 13.5. The van der Waals surface area contributed by atoms with Crippen molar-refractivity contribution in [3.8, 4) is 5.75 Å². The highest BCUT2D eigenvalue weighted by Crippen LogP contribution is 2.18. The first kappa shape index (κ1) is 17.8. The number of amides is 1. The number of ether oxygens (including phenoxy) is 1. The van der Waals surface area contributed by atoms with Crippen LogP contribution < -0.4 is 10.1 Å². The summed E-state index contributed by atoms with van der Waals surface area (Å²) in [6.07, 6.45) is 4.13. The van der Waals surface area contributed by atoms with Crippen LogP contribution in [0.4, 0.5) is 0 Å². The maximum absolute atomic E-state index is 12.1. The van der Waals surface area contributed by atoms with Gasteiger partial charge in [-0.3, -0.25) is 4.79 Å². The molecule has 1 aromatic rings. The Balaban J connectivity index is 2.40. The van der Waals surface area contributed by atoms with Gasteiger partial charge in [-0.2, -0.15) is 0 Å². The third kappa shape index (κ3) is 6.85. The third-order valence-electron chi connectivity index (χ3n) is 3.59. The average Bonchev–Trinajstić information content (AvgIpc) is 2.47. The van der Waals surface area contributed by atoms with Crippen molar-refractivity contribution in [3.05, 3.63) is 29.3 Å². The first-order chi connectivity index (χ1) is 10.1. The molecule has 4 heteroatoms. The fourth-order valence-electron chi connectivity index (χ4n) is 2.13. The largest absolute Gasteiger partial charge is 0.481 e. The van der Waals surface area contributed by atoms with Crippen molar-refractivity contribution < 1.29 is 9.53 Å². The average molecular weight is 312 g/mol. The molecule has 0 heterocycles. The molecule has 0 bridgehead atoms. The van der Waals surface area contributed by atoms with Crippen LogP contribution >= 0.6 is 11.6 Å². The van der Waals surface area contributed by atoms with Gasteiger partial charge in [0.2, 0.25) is 0 Å². The molecule has 0 saturated carbocycles.